The molecule has 0 saturated carbocycles. The molecule has 0 saturated heterocycles. The number of ether oxygens (including phenoxy) is 1. The van der Waals surface area contributed by atoms with Crippen molar-refractivity contribution in [2.24, 2.45) is 11.3 Å². The standard InChI is InChI=1S/C24H26N4O4S/c1-12(21(30)13-5-8-17-16(9-13)25-19(29)11-32-17)28-23(31)20-15-7-6-14(24(2,3)4)10-18(15)33-22(20)26-27-28/h5,8-9,12,14H,6-7,10-11H2,1-4H3,(H,25,29)/t12-,14-/m1/s1. The third-order valence-corrected chi connectivity index (χ3v) is 7.91. The van der Waals surface area contributed by atoms with Crippen LogP contribution >= 0.6 is 11.3 Å². The zero-order valence-electron chi connectivity index (χ0n) is 19.1. The van der Waals surface area contributed by atoms with Crippen molar-refractivity contribution in [1.29, 1.82) is 0 Å². The number of nitrogens with one attached hydrogen (secondary N) is 1. The molecule has 1 aromatic carbocycles. The van der Waals surface area contributed by atoms with Gasteiger partial charge in [-0.15, -0.1) is 16.4 Å². The molecule has 172 valence electrons. The molecule has 1 aliphatic heterocycles. The molecular formula is C24H26N4O4S. The van der Waals surface area contributed by atoms with Crippen molar-refractivity contribution in [2.75, 3.05) is 11.9 Å². The van der Waals surface area contributed by atoms with E-state index in [1.807, 2.05) is 0 Å². The summed E-state index contributed by atoms with van der Waals surface area (Å²) in [6.45, 7) is 8.37. The van der Waals surface area contributed by atoms with Gasteiger partial charge in [-0.3, -0.25) is 14.4 Å². The maximum atomic E-state index is 13.4. The molecule has 2 aliphatic rings. The number of hydrogen-bond acceptors (Lipinski definition) is 7. The second-order valence-corrected chi connectivity index (χ2v) is 11.0. The highest BCUT2D eigenvalue weighted by Gasteiger charge is 2.32. The molecule has 33 heavy (non-hydrogen) atoms. The quantitative estimate of drug-likeness (QED) is 0.589. The molecule has 5 rings (SSSR count). The predicted molar refractivity (Wildman–Crippen MR) is 126 cm³/mol. The van der Waals surface area contributed by atoms with Gasteiger partial charge in [-0.05, 0) is 61.3 Å². The molecule has 3 heterocycles. The van der Waals surface area contributed by atoms with Crippen molar-refractivity contribution < 1.29 is 14.3 Å². The Morgan fingerprint density at radius 3 is 2.85 bits per heavy atom. The summed E-state index contributed by atoms with van der Waals surface area (Å²) in [5.41, 5.74) is 1.80. The lowest BCUT2D eigenvalue weighted by atomic mass is 9.72. The number of fused-ring (bicyclic) bond motifs is 4. The van der Waals surface area contributed by atoms with Crippen LogP contribution in [0.25, 0.3) is 10.2 Å². The number of carbonyl (C=O) groups excluding carboxylic acids is 2. The number of Topliss-reactive ketones (excluding diaryl/α,β-unsaturated/α-hetero) is 1. The summed E-state index contributed by atoms with van der Waals surface area (Å²) in [5.74, 6) is 0.506. The highest BCUT2D eigenvalue weighted by atomic mass is 32.1. The number of aromatic nitrogens is 3. The van der Waals surface area contributed by atoms with Crippen LogP contribution < -0.4 is 15.6 Å². The Kier molecular flexibility index (Phi) is 5.12. The predicted octanol–water partition coefficient (Wildman–Crippen LogP) is 3.78. The van der Waals surface area contributed by atoms with Gasteiger partial charge in [-0.1, -0.05) is 26.0 Å². The SMILES string of the molecule is C[C@H](C(=O)c1ccc2c(c1)NC(=O)CO2)n1nnc2sc3c(c2c1=O)CC[C@@H](C(C)(C)C)C3. The number of anilines is 1. The summed E-state index contributed by atoms with van der Waals surface area (Å²) in [6, 6.07) is 4.01. The van der Waals surface area contributed by atoms with Gasteiger partial charge in [0.15, 0.2) is 17.2 Å². The summed E-state index contributed by atoms with van der Waals surface area (Å²) < 4.78 is 6.54. The van der Waals surface area contributed by atoms with E-state index in [0.717, 1.165) is 24.8 Å². The maximum Gasteiger partial charge on any atom is 0.279 e. The van der Waals surface area contributed by atoms with Crippen molar-refractivity contribution in [3.8, 4) is 5.75 Å². The van der Waals surface area contributed by atoms with Gasteiger partial charge in [-0.2, -0.15) is 4.68 Å². The van der Waals surface area contributed by atoms with E-state index in [1.165, 1.54) is 9.56 Å². The van der Waals surface area contributed by atoms with Gasteiger partial charge in [0, 0.05) is 10.4 Å². The van der Waals surface area contributed by atoms with Gasteiger partial charge in [0.05, 0.1) is 11.1 Å². The van der Waals surface area contributed by atoms with Gasteiger partial charge in [-0.25, -0.2) is 0 Å². The maximum absolute atomic E-state index is 13.4. The Hall–Kier alpha value is -3.07. The summed E-state index contributed by atoms with van der Waals surface area (Å²) in [7, 11) is 0. The van der Waals surface area contributed by atoms with Gasteiger partial charge < -0.3 is 10.1 Å². The monoisotopic (exact) mass is 466 g/mol. The van der Waals surface area contributed by atoms with E-state index in [0.29, 0.717) is 33.1 Å². The number of ketones is 1. The number of hydrogen-bond donors (Lipinski definition) is 1. The molecule has 1 N–H and O–H groups in total. The Balaban J connectivity index is 1.49. The largest absolute Gasteiger partial charge is 0.482 e. The average molecular weight is 467 g/mol. The van der Waals surface area contributed by atoms with E-state index >= 15 is 0 Å². The van der Waals surface area contributed by atoms with Crippen LogP contribution in [0.3, 0.4) is 0 Å². The van der Waals surface area contributed by atoms with E-state index in [1.54, 1.807) is 36.5 Å². The minimum atomic E-state index is -0.839. The number of nitrogens with zero attached hydrogens (tertiary/aromatic N) is 3. The van der Waals surface area contributed by atoms with Crippen molar-refractivity contribution in [2.45, 2.75) is 53.0 Å². The molecule has 2 atom stereocenters. The third kappa shape index (κ3) is 3.74. The molecule has 3 aromatic rings. The first-order chi connectivity index (χ1) is 15.6. The van der Waals surface area contributed by atoms with Gasteiger partial charge in [0.25, 0.3) is 11.5 Å². The van der Waals surface area contributed by atoms with Crippen LogP contribution in [0, 0.1) is 11.3 Å². The average Bonchev–Trinajstić information content (AvgIpc) is 3.16. The first-order valence-corrected chi connectivity index (χ1v) is 12.0. The highest BCUT2D eigenvalue weighted by Crippen LogP contribution is 2.42. The van der Waals surface area contributed by atoms with Crippen LogP contribution in [-0.4, -0.2) is 33.3 Å². The molecule has 9 heteroatoms. The minimum Gasteiger partial charge on any atom is -0.482 e. The molecule has 1 amide bonds. The molecule has 0 unspecified atom stereocenters. The molecular weight excluding hydrogens is 440 g/mol. The van der Waals surface area contributed by atoms with Crippen LogP contribution in [0.1, 0.15) is 61.0 Å². The lowest BCUT2D eigenvalue weighted by molar-refractivity contribution is -0.118. The molecule has 1 aliphatic carbocycles. The van der Waals surface area contributed by atoms with Crippen molar-refractivity contribution >= 4 is 38.9 Å². The molecule has 2 aromatic heterocycles. The number of carbonyl (C=O) groups is 2. The van der Waals surface area contributed by atoms with Crippen molar-refractivity contribution in [1.82, 2.24) is 15.0 Å². The molecule has 0 bridgehead atoms. The highest BCUT2D eigenvalue weighted by molar-refractivity contribution is 7.18. The number of benzene rings is 1. The molecule has 0 radical (unpaired) electrons. The van der Waals surface area contributed by atoms with E-state index in [-0.39, 0.29) is 29.3 Å². The lowest BCUT2D eigenvalue weighted by Gasteiger charge is -2.33. The number of rotatable bonds is 3. The fraction of sp³-hybridized carbons (Fsp3) is 0.458. The normalized spacial score (nSPS) is 18.8. The number of amides is 1. The second kappa shape index (κ2) is 7.76. The van der Waals surface area contributed by atoms with E-state index in [4.69, 9.17) is 4.74 Å². The summed E-state index contributed by atoms with van der Waals surface area (Å²) >= 11 is 1.55. The van der Waals surface area contributed by atoms with Gasteiger partial charge in [0.2, 0.25) is 0 Å². The van der Waals surface area contributed by atoms with Crippen LogP contribution in [0.2, 0.25) is 0 Å². The van der Waals surface area contributed by atoms with E-state index < -0.39 is 6.04 Å². The Labute approximate surface area is 194 Å². The fourth-order valence-electron chi connectivity index (χ4n) is 4.69. The van der Waals surface area contributed by atoms with Gasteiger partial charge in [0.1, 0.15) is 11.8 Å². The van der Waals surface area contributed by atoms with Crippen LogP contribution in [0.4, 0.5) is 5.69 Å². The van der Waals surface area contributed by atoms with Crippen LogP contribution in [-0.2, 0) is 17.6 Å². The van der Waals surface area contributed by atoms with Crippen molar-refractivity contribution in [3.05, 3.63) is 44.6 Å². The van der Waals surface area contributed by atoms with Crippen LogP contribution in [0.15, 0.2) is 23.0 Å². The number of aryl methyl sites for hydroxylation is 1. The summed E-state index contributed by atoms with van der Waals surface area (Å²) in [6.07, 6.45) is 2.81. The summed E-state index contributed by atoms with van der Waals surface area (Å²) in [5, 5.41) is 11.7. The number of thiophene rings is 1. The Morgan fingerprint density at radius 2 is 2.09 bits per heavy atom. The van der Waals surface area contributed by atoms with Crippen LogP contribution in [0.5, 0.6) is 5.75 Å². The molecule has 8 nitrogen and oxygen atoms in total. The Bertz CT molecular complexity index is 1350. The Morgan fingerprint density at radius 1 is 1.30 bits per heavy atom. The topological polar surface area (TPSA) is 103 Å². The minimum absolute atomic E-state index is 0.0524. The molecule has 0 fully saturated rings. The summed E-state index contributed by atoms with van der Waals surface area (Å²) in [4.78, 5) is 40.1. The third-order valence-electron chi connectivity index (χ3n) is 6.77. The van der Waals surface area contributed by atoms with E-state index in [9.17, 15) is 14.4 Å². The second-order valence-electron chi connectivity index (χ2n) is 9.92. The smallest absolute Gasteiger partial charge is 0.279 e. The first kappa shape index (κ1) is 21.8. The zero-order chi connectivity index (χ0) is 23.5. The fourth-order valence-corrected chi connectivity index (χ4v) is 5.92. The lowest BCUT2D eigenvalue weighted by Crippen LogP contribution is -2.32. The van der Waals surface area contributed by atoms with Gasteiger partial charge >= 0.3 is 0 Å². The van der Waals surface area contributed by atoms with Crippen molar-refractivity contribution in [3.63, 3.8) is 0 Å². The first-order valence-electron chi connectivity index (χ1n) is 11.1. The molecule has 0 spiro atoms. The van der Waals surface area contributed by atoms with E-state index in [2.05, 4.69) is 36.4 Å². The zero-order valence-corrected chi connectivity index (χ0v) is 19.9.